The number of methoxy groups -OCH3 is 1. The SMILES string of the molecule is CO[C@@H]1CCC[C@H]1[C@H]1COCCN1Cc1nnnn1CC(F)(F)F. The van der Waals surface area contributed by atoms with Crippen molar-refractivity contribution in [2.75, 3.05) is 26.9 Å². The van der Waals surface area contributed by atoms with Crippen molar-refractivity contribution in [2.45, 2.75) is 50.7 Å². The van der Waals surface area contributed by atoms with E-state index in [1.54, 1.807) is 7.11 Å². The van der Waals surface area contributed by atoms with E-state index in [4.69, 9.17) is 9.47 Å². The van der Waals surface area contributed by atoms with Gasteiger partial charge in [0.15, 0.2) is 5.82 Å². The largest absolute Gasteiger partial charge is 0.408 e. The molecule has 24 heavy (non-hydrogen) atoms. The van der Waals surface area contributed by atoms with Crippen LogP contribution in [0.1, 0.15) is 25.1 Å². The number of rotatable bonds is 5. The van der Waals surface area contributed by atoms with Crippen LogP contribution in [0.3, 0.4) is 0 Å². The van der Waals surface area contributed by atoms with Gasteiger partial charge in [0.2, 0.25) is 0 Å². The third-order valence-electron chi connectivity index (χ3n) is 4.86. The van der Waals surface area contributed by atoms with Gasteiger partial charge in [-0.15, -0.1) is 5.10 Å². The van der Waals surface area contributed by atoms with Gasteiger partial charge in [-0.05, 0) is 23.3 Å². The Morgan fingerprint density at radius 3 is 2.92 bits per heavy atom. The Bertz CT molecular complexity index is 539. The molecular weight excluding hydrogens is 327 g/mol. The van der Waals surface area contributed by atoms with E-state index >= 15 is 0 Å². The quantitative estimate of drug-likeness (QED) is 0.797. The first-order chi connectivity index (χ1) is 11.5. The molecule has 1 aliphatic carbocycles. The summed E-state index contributed by atoms with van der Waals surface area (Å²) in [5, 5.41) is 10.7. The van der Waals surface area contributed by atoms with Crippen LogP contribution in [-0.4, -0.2) is 70.3 Å². The lowest BCUT2D eigenvalue weighted by Crippen LogP contribution is -2.51. The molecule has 2 fully saturated rings. The highest BCUT2D eigenvalue weighted by atomic mass is 19.4. The molecule has 0 spiro atoms. The molecule has 0 radical (unpaired) electrons. The van der Waals surface area contributed by atoms with E-state index in [9.17, 15) is 13.2 Å². The monoisotopic (exact) mass is 349 g/mol. The lowest BCUT2D eigenvalue weighted by Gasteiger charge is -2.40. The fourth-order valence-corrected chi connectivity index (χ4v) is 3.75. The molecule has 3 rings (SSSR count). The van der Waals surface area contributed by atoms with Crippen molar-refractivity contribution in [3.63, 3.8) is 0 Å². The second-order valence-corrected chi connectivity index (χ2v) is 6.35. The van der Waals surface area contributed by atoms with E-state index < -0.39 is 12.7 Å². The zero-order chi connectivity index (χ0) is 17.2. The number of morpholine rings is 1. The summed E-state index contributed by atoms with van der Waals surface area (Å²) in [6, 6.07) is 0.113. The summed E-state index contributed by atoms with van der Waals surface area (Å²) in [4.78, 5) is 2.13. The highest BCUT2D eigenvalue weighted by molar-refractivity contribution is 4.93. The van der Waals surface area contributed by atoms with Crippen LogP contribution in [0.25, 0.3) is 0 Å². The lowest BCUT2D eigenvalue weighted by molar-refractivity contribution is -0.143. The molecule has 0 N–H and O–H groups in total. The van der Waals surface area contributed by atoms with Gasteiger partial charge in [0, 0.05) is 25.6 Å². The number of halogens is 3. The summed E-state index contributed by atoms with van der Waals surface area (Å²) in [6.07, 6.45) is -1.03. The maximum absolute atomic E-state index is 12.6. The summed E-state index contributed by atoms with van der Waals surface area (Å²) in [5.74, 6) is 0.549. The van der Waals surface area contributed by atoms with Gasteiger partial charge in [0.05, 0.1) is 25.9 Å². The zero-order valence-corrected chi connectivity index (χ0v) is 13.6. The molecule has 1 aromatic heterocycles. The van der Waals surface area contributed by atoms with E-state index in [2.05, 4.69) is 20.4 Å². The van der Waals surface area contributed by atoms with Crippen LogP contribution in [-0.2, 0) is 22.6 Å². The fourth-order valence-electron chi connectivity index (χ4n) is 3.75. The molecule has 2 heterocycles. The van der Waals surface area contributed by atoms with E-state index in [0.29, 0.717) is 25.7 Å². The number of tetrazole rings is 1. The van der Waals surface area contributed by atoms with Crippen molar-refractivity contribution in [1.82, 2.24) is 25.1 Å². The highest BCUT2D eigenvalue weighted by Crippen LogP contribution is 2.34. The van der Waals surface area contributed by atoms with Crippen LogP contribution in [0.15, 0.2) is 0 Å². The van der Waals surface area contributed by atoms with Crippen molar-refractivity contribution in [2.24, 2.45) is 5.92 Å². The third-order valence-corrected chi connectivity index (χ3v) is 4.86. The van der Waals surface area contributed by atoms with Gasteiger partial charge >= 0.3 is 6.18 Å². The average molecular weight is 349 g/mol. The van der Waals surface area contributed by atoms with Crippen LogP contribution < -0.4 is 0 Å². The standard InChI is InChI=1S/C14H22F3N5O2/c1-23-12-4-2-3-10(12)11-8-24-6-5-21(11)7-13-18-19-20-22(13)9-14(15,16)17/h10-12H,2-9H2,1H3/t10-,11+,12+/m0/s1. The van der Waals surface area contributed by atoms with E-state index in [-0.39, 0.29) is 24.5 Å². The molecule has 1 saturated carbocycles. The summed E-state index contributed by atoms with van der Waals surface area (Å²) >= 11 is 0. The van der Waals surface area contributed by atoms with Crippen molar-refractivity contribution in [3.05, 3.63) is 5.82 Å². The number of hydrogen-bond donors (Lipinski definition) is 0. The molecule has 0 bridgehead atoms. The maximum Gasteiger partial charge on any atom is 0.408 e. The lowest BCUT2D eigenvalue weighted by atomic mass is 9.94. The maximum atomic E-state index is 12.6. The van der Waals surface area contributed by atoms with Crippen LogP contribution in [0.5, 0.6) is 0 Å². The second kappa shape index (κ2) is 7.32. The van der Waals surface area contributed by atoms with Crippen LogP contribution in [0.4, 0.5) is 13.2 Å². The van der Waals surface area contributed by atoms with Gasteiger partial charge in [-0.1, -0.05) is 6.42 Å². The molecule has 2 aliphatic rings. The first kappa shape index (κ1) is 17.6. The first-order valence-electron chi connectivity index (χ1n) is 8.14. The molecule has 0 unspecified atom stereocenters. The van der Waals surface area contributed by atoms with Crippen molar-refractivity contribution in [3.8, 4) is 0 Å². The van der Waals surface area contributed by atoms with Gasteiger partial charge in [-0.25, -0.2) is 4.68 Å². The number of aromatic nitrogens is 4. The summed E-state index contributed by atoms with van der Waals surface area (Å²) in [6.45, 7) is 0.877. The smallest absolute Gasteiger partial charge is 0.381 e. The molecule has 7 nitrogen and oxygen atoms in total. The van der Waals surface area contributed by atoms with Crippen molar-refractivity contribution < 1.29 is 22.6 Å². The molecule has 136 valence electrons. The molecule has 0 aromatic carbocycles. The van der Waals surface area contributed by atoms with Gasteiger partial charge < -0.3 is 9.47 Å². The third kappa shape index (κ3) is 4.04. The van der Waals surface area contributed by atoms with E-state index in [1.165, 1.54) is 0 Å². The minimum Gasteiger partial charge on any atom is -0.381 e. The predicted molar refractivity (Wildman–Crippen MR) is 77.0 cm³/mol. The molecule has 1 aliphatic heterocycles. The Morgan fingerprint density at radius 1 is 1.33 bits per heavy atom. The fraction of sp³-hybridized carbons (Fsp3) is 0.929. The minimum atomic E-state index is -4.35. The topological polar surface area (TPSA) is 65.3 Å². The number of alkyl halides is 3. The Hall–Kier alpha value is -1.26. The molecular formula is C14H22F3N5O2. The van der Waals surface area contributed by atoms with Gasteiger partial charge in [0.25, 0.3) is 0 Å². The molecule has 1 saturated heterocycles. The van der Waals surface area contributed by atoms with E-state index in [1.807, 2.05) is 0 Å². The van der Waals surface area contributed by atoms with Gasteiger partial charge in [-0.3, -0.25) is 4.90 Å². The first-order valence-corrected chi connectivity index (χ1v) is 8.14. The molecule has 3 atom stereocenters. The second-order valence-electron chi connectivity index (χ2n) is 6.35. The van der Waals surface area contributed by atoms with Gasteiger partial charge in [0.1, 0.15) is 6.54 Å². The molecule has 1 aromatic rings. The Labute approximate surface area is 138 Å². The van der Waals surface area contributed by atoms with Crippen molar-refractivity contribution >= 4 is 0 Å². The van der Waals surface area contributed by atoms with Crippen LogP contribution >= 0.6 is 0 Å². The predicted octanol–water partition coefficient (Wildman–Crippen LogP) is 1.25. The Morgan fingerprint density at radius 2 is 2.17 bits per heavy atom. The normalized spacial score (nSPS) is 29.2. The number of nitrogens with zero attached hydrogens (tertiary/aromatic N) is 5. The van der Waals surface area contributed by atoms with Gasteiger partial charge in [-0.2, -0.15) is 13.2 Å². The van der Waals surface area contributed by atoms with E-state index in [0.717, 1.165) is 23.9 Å². The summed E-state index contributed by atoms with van der Waals surface area (Å²) < 4.78 is 49.9. The van der Waals surface area contributed by atoms with Crippen molar-refractivity contribution in [1.29, 1.82) is 0 Å². The summed E-state index contributed by atoms with van der Waals surface area (Å²) in [5.41, 5.74) is 0. The highest BCUT2D eigenvalue weighted by Gasteiger charge is 2.39. The zero-order valence-electron chi connectivity index (χ0n) is 13.6. The minimum absolute atomic E-state index is 0.113. The summed E-state index contributed by atoms with van der Waals surface area (Å²) in [7, 11) is 1.71. The Kier molecular flexibility index (Phi) is 5.36. The molecule has 10 heteroatoms. The van der Waals surface area contributed by atoms with Crippen LogP contribution in [0.2, 0.25) is 0 Å². The number of hydrogen-bond acceptors (Lipinski definition) is 6. The number of ether oxygens (including phenoxy) is 2. The average Bonchev–Trinajstić information content (AvgIpc) is 3.16. The molecule has 0 amide bonds. The Balaban J connectivity index is 1.72. The van der Waals surface area contributed by atoms with Crippen LogP contribution in [0, 0.1) is 5.92 Å².